The topological polar surface area (TPSA) is 45.2 Å². The third kappa shape index (κ3) is 1.86. The Labute approximate surface area is 137 Å². The van der Waals surface area contributed by atoms with Gasteiger partial charge in [-0.05, 0) is 29.0 Å². The van der Waals surface area contributed by atoms with Gasteiger partial charge in [-0.2, -0.15) is 0 Å². The lowest BCUT2D eigenvalue weighted by atomic mass is 10.0. The molecule has 1 atom stereocenters. The molecule has 112 valence electrons. The number of aromatic nitrogens is 1. The minimum Gasteiger partial charge on any atom is -0.330 e. The van der Waals surface area contributed by atoms with Crippen LogP contribution in [-0.2, 0) is 0 Å². The molecule has 2 aromatic carbocycles. The molecule has 2 aliphatic heterocycles. The summed E-state index contributed by atoms with van der Waals surface area (Å²) < 4.78 is 0. The molecule has 0 aliphatic carbocycles. The van der Waals surface area contributed by atoms with Crippen LogP contribution in [0.1, 0.15) is 11.6 Å². The fourth-order valence-corrected chi connectivity index (χ4v) is 4.45. The van der Waals surface area contributed by atoms with E-state index in [1.165, 1.54) is 5.39 Å². The Morgan fingerprint density at radius 3 is 2.91 bits per heavy atom. The molecule has 0 saturated heterocycles. The van der Waals surface area contributed by atoms with Gasteiger partial charge in [0, 0.05) is 17.5 Å². The van der Waals surface area contributed by atoms with Crippen LogP contribution in [-0.4, -0.2) is 16.8 Å². The van der Waals surface area contributed by atoms with Crippen molar-refractivity contribution in [2.24, 2.45) is 0 Å². The Balaban J connectivity index is 1.71. The lowest BCUT2D eigenvalue weighted by molar-refractivity contribution is 0.244. The van der Waals surface area contributed by atoms with Crippen LogP contribution in [0.3, 0.4) is 0 Å². The van der Waals surface area contributed by atoms with E-state index in [2.05, 4.69) is 34.6 Å². The number of rotatable bonds is 1. The molecule has 0 bridgehead atoms. The minimum absolute atomic E-state index is 0.0718. The maximum absolute atomic E-state index is 12.7. The van der Waals surface area contributed by atoms with E-state index in [-0.39, 0.29) is 12.1 Å². The Morgan fingerprint density at radius 1 is 1.13 bits per heavy atom. The van der Waals surface area contributed by atoms with Gasteiger partial charge in [0.25, 0.3) is 0 Å². The van der Waals surface area contributed by atoms with E-state index < -0.39 is 0 Å². The summed E-state index contributed by atoms with van der Waals surface area (Å²) in [5, 5.41) is 6.42. The Hall–Kier alpha value is -2.53. The van der Waals surface area contributed by atoms with Crippen molar-refractivity contribution in [3.05, 3.63) is 60.3 Å². The number of fused-ring (bicyclic) bond motifs is 1. The number of carbonyl (C=O) groups is 1. The van der Waals surface area contributed by atoms with Crippen molar-refractivity contribution < 1.29 is 4.79 Å². The van der Waals surface area contributed by atoms with Crippen molar-refractivity contribution in [1.29, 1.82) is 0 Å². The van der Waals surface area contributed by atoms with Crippen molar-refractivity contribution in [2.75, 3.05) is 10.7 Å². The van der Waals surface area contributed by atoms with E-state index in [1.807, 2.05) is 24.3 Å². The largest absolute Gasteiger partial charge is 0.330 e. The molecule has 0 fully saturated rings. The zero-order valence-corrected chi connectivity index (χ0v) is 13.0. The van der Waals surface area contributed by atoms with E-state index in [4.69, 9.17) is 0 Å². The first-order valence-electron chi connectivity index (χ1n) is 7.52. The number of pyridine rings is 1. The standard InChI is InChI=1S/C18H13N3OS/c22-18-20-14-10-23-17-16(14)15(7-8-19-17)21(18)13-6-5-11-3-1-2-4-12(11)9-13/h1-9,14H,10H2,(H,20,22). The monoisotopic (exact) mass is 319 g/mol. The maximum atomic E-state index is 12.7. The fourth-order valence-electron chi connectivity index (χ4n) is 3.34. The number of hydrogen-bond donors (Lipinski definition) is 1. The normalized spacial score (nSPS) is 18.9. The highest BCUT2D eigenvalue weighted by atomic mass is 32.2. The quantitative estimate of drug-likeness (QED) is 0.729. The van der Waals surface area contributed by atoms with Gasteiger partial charge in [-0.3, -0.25) is 4.90 Å². The molecule has 0 saturated carbocycles. The van der Waals surface area contributed by atoms with Gasteiger partial charge in [-0.1, -0.05) is 30.3 Å². The van der Waals surface area contributed by atoms with Crippen molar-refractivity contribution >= 4 is 39.9 Å². The molecule has 1 aromatic heterocycles. The highest BCUT2D eigenvalue weighted by Crippen LogP contribution is 2.46. The molecule has 0 spiro atoms. The number of benzene rings is 2. The molecule has 23 heavy (non-hydrogen) atoms. The third-order valence-electron chi connectivity index (χ3n) is 4.40. The van der Waals surface area contributed by atoms with Crippen LogP contribution in [0, 0.1) is 0 Å². The summed E-state index contributed by atoms with van der Waals surface area (Å²) in [6.45, 7) is 0. The minimum atomic E-state index is -0.0718. The summed E-state index contributed by atoms with van der Waals surface area (Å²) in [4.78, 5) is 18.9. The molecular weight excluding hydrogens is 306 g/mol. The van der Waals surface area contributed by atoms with Crippen LogP contribution >= 0.6 is 11.8 Å². The number of carbonyl (C=O) groups excluding carboxylic acids is 1. The molecule has 1 unspecified atom stereocenters. The van der Waals surface area contributed by atoms with Crippen LogP contribution in [0.2, 0.25) is 0 Å². The van der Waals surface area contributed by atoms with E-state index in [0.29, 0.717) is 0 Å². The average molecular weight is 319 g/mol. The number of thioether (sulfide) groups is 1. The lowest BCUT2D eigenvalue weighted by Gasteiger charge is -2.32. The van der Waals surface area contributed by atoms with Gasteiger partial charge in [-0.25, -0.2) is 9.78 Å². The van der Waals surface area contributed by atoms with Gasteiger partial charge < -0.3 is 5.32 Å². The molecule has 4 nitrogen and oxygen atoms in total. The lowest BCUT2D eigenvalue weighted by Crippen LogP contribution is -2.44. The van der Waals surface area contributed by atoms with Crippen LogP contribution in [0.4, 0.5) is 16.2 Å². The molecular formula is C18H13N3OS. The highest BCUT2D eigenvalue weighted by molar-refractivity contribution is 7.99. The summed E-state index contributed by atoms with van der Waals surface area (Å²) in [7, 11) is 0. The molecule has 3 aromatic rings. The fraction of sp³-hybridized carbons (Fsp3) is 0.111. The average Bonchev–Trinajstić information content (AvgIpc) is 2.99. The second-order valence-corrected chi connectivity index (χ2v) is 6.74. The van der Waals surface area contributed by atoms with E-state index in [9.17, 15) is 4.79 Å². The first-order chi connectivity index (χ1) is 11.3. The smallest absolute Gasteiger partial charge is 0.327 e. The number of urea groups is 1. The van der Waals surface area contributed by atoms with Crippen LogP contribution in [0.15, 0.2) is 59.8 Å². The van der Waals surface area contributed by atoms with Crippen molar-refractivity contribution in [3.8, 4) is 0 Å². The van der Waals surface area contributed by atoms with Gasteiger partial charge in [0.15, 0.2) is 0 Å². The second-order valence-electron chi connectivity index (χ2n) is 5.73. The maximum Gasteiger partial charge on any atom is 0.327 e. The van der Waals surface area contributed by atoms with Gasteiger partial charge in [0.05, 0.1) is 17.4 Å². The van der Waals surface area contributed by atoms with Gasteiger partial charge in [0.1, 0.15) is 5.03 Å². The number of nitrogens with zero attached hydrogens (tertiary/aromatic N) is 2. The van der Waals surface area contributed by atoms with Gasteiger partial charge in [-0.15, -0.1) is 11.8 Å². The Morgan fingerprint density at radius 2 is 2.00 bits per heavy atom. The molecule has 0 radical (unpaired) electrons. The van der Waals surface area contributed by atoms with Gasteiger partial charge in [0.2, 0.25) is 0 Å². The molecule has 2 aliphatic rings. The Kier molecular flexibility index (Phi) is 2.67. The van der Waals surface area contributed by atoms with Crippen molar-refractivity contribution in [3.63, 3.8) is 0 Å². The zero-order chi connectivity index (χ0) is 15.4. The van der Waals surface area contributed by atoms with Crippen molar-refractivity contribution in [2.45, 2.75) is 11.1 Å². The Bertz CT molecular complexity index is 956. The van der Waals surface area contributed by atoms with E-state index in [1.54, 1.807) is 22.9 Å². The van der Waals surface area contributed by atoms with Crippen LogP contribution in [0.25, 0.3) is 10.8 Å². The molecule has 1 N–H and O–H groups in total. The number of nitrogens with one attached hydrogen (secondary N) is 1. The third-order valence-corrected chi connectivity index (χ3v) is 5.50. The molecule has 3 heterocycles. The number of amides is 2. The SMILES string of the molecule is O=C1NC2CSc3nccc(c32)N1c1ccc2ccccc2c1. The summed E-state index contributed by atoms with van der Waals surface area (Å²) in [6.07, 6.45) is 1.79. The predicted molar refractivity (Wildman–Crippen MR) is 92.3 cm³/mol. The second kappa shape index (κ2) is 4.73. The first-order valence-corrected chi connectivity index (χ1v) is 8.51. The number of hydrogen-bond acceptors (Lipinski definition) is 3. The number of anilines is 2. The van der Waals surface area contributed by atoms with Crippen LogP contribution < -0.4 is 10.2 Å². The molecule has 5 heteroatoms. The van der Waals surface area contributed by atoms with Crippen LogP contribution in [0.5, 0.6) is 0 Å². The van der Waals surface area contributed by atoms with E-state index in [0.717, 1.165) is 33.1 Å². The summed E-state index contributed by atoms with van der Waals surface area (Å²) >= 11 is 1.70. The zero-order valence-electron chi connectivity index (χ0n) is 12.2. The highest BCUT2D eigenvalue weighted by Gasteiger charge is 2.37. The molecule has 2 amide bonds. The summed E-state index contributed by atoms with van der Waals surface area (Å²) in [5.74, 6) is 0.858. The first kappa shape index (κ1) is 13.0. The van der Waals surface area contributed by atoms with Crippen molar-refractivity contribution in [1.82, 2.24) is 10.3 Å². The van der Waals surface area contributed by atoms with E-state index >= 15 is 0 Å². The molecule has 5 rings (SSSR count). The van der Waals surface area contributed by atoms with Gasteiger partial charge >= 0.3 is 6.03 Å². The summed E-state index contributed by atoms with van der Waals surface area (Å²) in [5.41, 5.74) is 2.97. The predicted octanol–water partition coefficient (Wildman–Crippen LogP) is 4.24. The summed E-state index contributed by atoms with van der Waals surface area (Å²) in [6, 6.07) is 16.2.